The van der Waals surface area contributed by atoms with Crippen LogP contribution >= 0.6 is 11.3 Å². The van der Waals surface area contributed by atoms with Crippen molar-refractivity contribution in [1.82, 2.24) is 10.2 Å². The van der Waals surface area contributed by atoms with Gasteiger partial charge in [-0.2, -0.15) is 11.3 Å². The molecule has 0 radical (unpaired) electrons. The number of nitrogens with zero attached hydrogens (tertiary/aromatic N) is 1. The van der Waals surface area contributed by atoms with Crippen LogP contribution < -0.4 is 5.32 Å². The van der Waals surface area contributed by atoms with E-state index in [1.165, 1.54) is 63.7 Å². The quantitative estimate of drug-likeness (QED) is 0.907. The second-order valence-electron chi connectivity index (χ2n) is 7.39. The molecular weight excluding hydrogens is 276 g/mol. The maximum atomic E-state index is 3.95. The Balaban J connectivity index is 1.65. The van der Waals surface area contributed by atoms with Gasteiger partial charge < -0.3 is 5.32 Å². The molecule has 0 aromatic carbocycles. The van der Waals surface area contributed by atoms with Crippen LogP contribution in [-0.2, 0) is 6.42 Å². The van der Waals surface area contributed by atoms with E-state index in [1.807, 2.05) is 11.3 Å². The number of piperazine rings is 1. The van der Waals surface area contributed by atoms with Crippen LogP contribution in [0.2, 0.25) is 0 Å². The minimum Gasteiger partial charge on any atom is -0.308 e. The molecule has 3 heteroatoms. The van der Waals surface area contributed by atoms with Gasteiger partial charge in [0.1, 0.15) is 0 Å². The second-order valence-corrected chi connectivity index (χ2v) is 8.17. The van der Waals surface area contributed by atoms with Gasteiger partial charge in [-0.3, -0.25) is 4.90 Å². The van der Waals surface area contributed by atoms with E-state index in [-0.39, 0.29) is 0 Å². The van der Waals surface area contributed by atoms with Crippen molar-refractivity contribution < 1.29 is 0 Å². The molecule has 2 aliphatic rings. The first kappa shape index (κ1) is 15.5. The Kier molecular flexibility index (Phi) is 5.03. The highest BCUT2D eigenvalue weighted by molar-refractivity contribution is 7.07. The summed E-state index contributed by atoms with van der Waals surface area (Å²) < 4.78 is 0. The zero-order valence-electron chi connectivity index (χ0n) is 13.6. The summed E-state index contributed by atoms with van der Waals surface area (Å²) in [6.07, 6.45) is 8.24. The normalized spacial score (nSPS) is 26.5. The van der Waals surface area contributed by atoms with Crippen molar-refractivity contribution in [2.45, 2.75) is 64.0 Å². The average Bonchev–Trinajstić information content (AvgIpc) is 2.99. The van der Waals surface area contributed by atoms with Crippen molar-refractivity contribution >= 4 is 11.3 Å². The fraction of sp³-hybridized carbons (Fsp3) is 0.778. The molecule has 1 saturated carbocycles. The van der Waals surface area contributed by atoms with Gasteiger partial charge in [0.05, 0.1) is 0 Å². The minimum atomic E-state index is 0.429. The SMILES string of the molecule is CC(C)C1CNC2(CCCCC2)CN1CCc1ccsc1. The van der Waals surface area contributed by atoms with Crippen molar-refractivity contribution in [2.75, 3.05) is 19.6 Å². The van der Waals surface area contributed by atoms with Gasteiger partial charge in [0.25, 0.3) is 0 Å². The number of thiophene rings is 1. The lowest BCUT2D eigenvalue weighted by Crippen LogP contribution is -2.66. The van der Waals surface area contributed by atoms with E-state index in [9.17, 15) is 0 Å². The van der Waals surface area contributed by atoms with Crippen LogP contribution in [0.4, 0.5) is 0 Å². The molecule has 1 aromatic rings. The van der Waals surface area contributed by atoms with Crippen LogP contribution in [0.3, 0.4) is 0 Å². The standard InChI is InChI=1S/C18H30N2S/c1-15(2)17-12-19-18(8-4-3-5-9-18)14-20(17)10-6-16-7-11-21-13-16/h7,11,13,15,17,19H,3-6,8-10,12,14H2,1-2H3. The van der Waals surface area contributed by atoms with Gasteiger partial charge in [0, 0.05) is 31.2 Å². The van der Waals surface area contributed by atoms with E-state index in [1.54, 1.807) is 0 Å². The van der Waals surface area contributed by atoms with Gasteiger partial charge in [0.15, 0.2) is 0 Å². The smallest absolute Gasteiger partial charge is 0.0309 e. The Morgan fingerprint density at radius 1 is 1.33 bits per heavy atom. The predicted molar refractivity (Wildman–Crippen MR) is 92.0 cm³/mol. The molecule has 1 aliphatic heterocycles. The zero-order valence-corrected chi connectivity index (χ0v) is 14.4. The number of hydrogen-bond donors (Lipinski definition) is 1. The largest absolute Gasteiger partial charge is 0.308 e. The average molecular weight is 307 g/mol. The summed E-state index contributed by atoms with van der Waals surface area (Å²) >= 11 is 1.82. The van der Waals surface area contributed by atoms with Crippen LogP contribution in [0.25, 0.3) is 0 Å². The molecule has 1 unspecified atom stereocenters. The lowest BCUT2D eigenvalue weighted by molar-refractivity contribution is 0.0374. The number of nitrogens with one attached hydrogen (secondary N) is 1. The topological polar surface area (TPSA) is 15.3 Å². The minimum absolute atomic E-state index is 0.429. The summed E-state index contributed by atoms with van der Waals surface area (Å²) in [5, 5.41) is 8.46. The summed E-state index contributed by atoms with van der Waals surface area (Å²) in [5.41, 5.74) is 1.94. The number of hydrogen-bond acceptors (Lipinski definition) is 3. The summed E-state index contributed by atoms with van der Waals surface area (Å²) in [7, 11) is 0. The molecule has 118 valence electrons. The first-order valence-corrected chi connectivity index (χ1v) is 9.63. The van der Waals surface area contributed by atoms with Crippen LogP contribution in [-0.4, -0.2) is 36.1 Å². The molecule has 1 aliphatic carbocycles. The van der Waals surface area contributed by atoms with E-state index in [2.05, 4.69) is 40.9 Å². The molecule has 1 N–H and O–H groups in total. The molecule has 1 saturated heterocycles. The van der Waals surface area contributed by atoms with E-state index in [0.29, 0.717) is 11.6 Å². The van der Waals surface area contributed by atoms with Crippen LogP contribution in [0.15, 0.2) is 16.8 Å². The predicted octanol–water partition coefficient (Wildman–Crippen LogP) is 3.92. The van der Waals surface area contributed by atoms with E-state index >= 15 is 0 Å². The van der Waals surface area contributed by atoms with E-state index < -0.39 is 0 Å². The molecule has 0 amide bonds. The van der Waals surface area contributed by atoms with Gasteiger partial charge in [-0.25, -0.2) is 0 Å². The first-order valence-electron chi connectivity index (χ1n) is 8.69. The highest BCUT2D eigenvalue weighted by Crippen LogP contribution is 2.33. The van der Waals surface area contributed by atoms with Crippen LogP contribution in [0.5, 0.6) is 0 Å². The molecular formula is C18H30N2S. The monoisotopic (exact) mass is 306 g/mol. The Labute approximate surface area is 133 Å². The van der Waals surface area contributed by atoms with Crippen molar-refractivity contribution in [3.8, 4) is 0 Å². The maximum absolute atomic E-state index is 3.95. The van der Waals surface area contributed by atoms with Crippen LogP contribution in [0.1, 0.15) is 51.5 Å². The molecule has 2 fully saturated rings. The highest BCUT2D eigenvalue weighted by atomic mass is 32.1. The van der Waals surface area contributed by atoms with Crippen molar-refractivity contribution in [1.29, 1.82) is 0 Å². The number of rotatable bonds is 4. The Hall–Kier alpha value is -0.380. The molecule has 2 heterocycles. The van der Waals surface area contributed by atoms with E-state index in [4.69, 9.17) is 0 Å². The fourth-order valence-electron chi connectivity index (χ4n) is 4.19. The molecule has 1 aromatic heterocycles. The van der Waals surface area contributed by atoms with Gasteiger partial charge in [-0.15, -0.1) is 0 Å². The molecule has 0 bridgehead atoms. The zero-order chi connectivity index (χ0) is 14.7. The lowest BCUT2D eigenvalue weighted by Gasteiger charge is -2.51. The molecule has 2 nitrogen and oxygen atoms in total. The third kappa shape index (κ3) is 3.69. The van der Waals surface area contributed by atoms with E-state index in [0.717, 1.165) is 5.92 Å². The van der Waals surface area contributed by atoms with Crippen molar-refractivity contribution in [2.24, 2.45) is 5.92 Å². The van der Waals surface area contributed by atoms with Gasteiger partial charge in [0.2, 0.25) is 0 Å². The van der Waals surface area contributed by atoms with Crippen LogP contribution in [0, 0.1) is 5.92 Å². The summed E-state index contributed by atoms with van der Waals surface area (Å²) in [6, 6.07) is 2.99. The third-order valence-electron chi connectivity index (χ3n) is 5.51. The van der Waals surface area contributed by atoms with Gasteiger partial charge >= 0.3 is 0 Å². The molecule has 3 rings (SSSR count). The lowest BCUT2D eigenvalue weighted by atomic mass is 9.78. The van der Waals surface area contributed by atoms with Crippen molar-refractivity contribution in [3.05, 3.63) is 22.4 Å². The summed E-state index contributed by atoms with van der Waals surface area (Å²) in [4.78, 5) is 2.80. The Morgan fingerprint density at radius 3 is 2.81 bits per heavy atom. The first-order chi connectivity index (χ1) is 10.2. The molecule has 1 atom stereocenters. The molecule has 21 heavy (non-hydrogen) atoms. The Morgan fingerprint density at radius 2 is 2.14 bits per heavy atom. The summed E-state index contributed by atoms with van der Waals surface area (Å²) in [6.45, 7) is 8.43. The van der Waals surface area contributed by atoms with Gasteiger partial charge in [-0.1, -0.05) is 33.1 Å². The Bertz CT molecular complexity index is 420. The summed E-state index contributed by atoms with van der Waals surface area (Å²) in [5.74, 6) is 0.737. The van der Waals surface area contributed by atoms with Gasteiger partial charge in [-0.05, 0) is 47.6 Å². The molecule has 1 spiro atoms. The fourth-order valence-corrected chi connectivity index (χ4v) is 4.89. The maximum Gasteiger partial charge on any atom is 0.0309 e. The second kappa shape index (κ2) is 6.80. The highest BCUT2D eigenvalue weighted by Gasteiger charge is 2.40. The van der Waals surface area contributed by atoms with Crippen molar-refractivity contribution in [3.63, 3.8) is 0 Å². The third-order valence-corrected chi connectivity index (χ3v) is 6.24.